The summed E-state index contributed by atoms with van der Waals surface area (Å²) in [4.78, 5) is 22.7. The normalized spacial score (nSPS) is 11.0. The number of fused-ring (bicyclic) bond motifs is 1. The molecule has 0 fully saturated rings. The third-order valence-corrected chi connectivity index (χ3v) is 4.28. The van der Waals surface area contributed by atoms with Crippen molar-refractivity contribution in [3.05, 3.63) is 67.5 Å². The molecule has 0 saturated heterocycles. The molecule has 1 amide bonds. The van der Waals surface area contributed by atoms with Crippen molar-refractivity contribution in [1.82, 2.24) is 5.43 Å². The van der Waals surface area contributed by atoms with Gasteiger partial charge in [-0.1, -0.05) is 18.2 Å². The summed E-state index contributed by atoms with van der Waals surface area (Å²) in [7, 11) is 1.37. The highest BCUT2D eigenvalue weighted by molar-refractivity contribution is 14.1. The van der Waals surface area contributed by atoms with Gasteiger partial charge in [-0.2, -0.15) is 5.10 Å². The number of nitrogens with zero attached hydrogens (tertiary/aromatic N) is 2. The molecule has 0 atom stereocenters. The summed E-state index contributed by atoms with van der Waals surface area (Å²) in [6.07, 6.45) is 1.31. The molecular formula is C17H12IN3O5. The van der Waals surface area contributed by atoms with Crippen LogP contribution in [0.3, 0.4) is 0 Å². The molecular weight excluding hydrogens is 453 g/mol. The molecule has 8 nitrogen and oxygen atoms in total. The van der Waals surface area contributed by atoms with Gasteiger partial charge >= 0.3 is 11.6 Å². The maximum atomic E-state index is 12.1. The molecule has 0 radical (unpaired) electrons. The van der Waals surface area contributed by atoms with E-state index >= 15 is 0 Å². The van der Waals surface area contributed by atoms with Gasteiger partial charge in [0.2, 0.25) is 5.75 Å². The quantitative estimate of drug-likeness (QED) is 0.268. The van der Waals surface area contributed by atoms with Crippen LogP contribution < -0.4 is 10.2 Å². The summed E-state index contributed by atoms with van der Waals surface area (Å²) in [5.41, 5.74) is 3.21. The number of nitro benzene ring substituents is 1. The molecule has 1 N–H and O–H groups in total. The summed E-state index contributed by atoms with van der Waals surface area (Å²) in [5.74, 6) is -0.215. The summed E-state index contributed by atoms with van der Waals surface area (Å²) < 4.78 is 11.0. The maximum absolute atomic E-state index is 12.1. The van der Waals surface area contributed by atoms with E-state index in [0.717, 1.165) is 5.39 Å². The standard InChI is InChI=1S/C17H12IN3O5/c1-25-16-12(18)6-10(7-13(16)21(23)24)9-19-20-17(22)15-8-11-4-2-3-5-14(11)26-15/h2-9H,1H3,(H,20,22)/b19-9+. The molecule has 0 unspecified atom stereocenters. The average molecular weight is 465 g/mol. The van der Waals surface area contributed by atoms with Crippen molar-refractivity contribution in [2.45, 2.75) is 0 Å². The van der Waals surface area contributed by atoms with E-state index < -0.39 is 10.8 Å². The number of para-hydroxylation sites is 1. The van der Waals surface area contributed by atoms with Gasteiger partial charge < -0.3 is 9.15 Å². The Hall–Kier alpha value is -2.95. The minimum Gasteiger partial charge on any atom is -0.489 e. The lowest BCUT2D eigenvalue weighted by Gasteiger charge is -2.05. The molecule has 3 aromatic rings. The van der Waals surface area contributed by atoms with Crippen LogP contribution in [0.4, 0.5) is 5.69 Å². The van der Waals surface area contributed by atoms with Gasteiger partial charge in [0.05, 0.1) is 21.8 Å². The van der Waals surface area contributed by atoms with Gasteiger partial charge in [-0.25, -0.2) is 5.43 Å². The Morgan fingerprint density at radius 3 is 2.81 bits per heavy atom. The van der Waals surface area contributed by atoms with Crippen molar-refractivity contribution < 1.29 is 18.9 Å². The van der Waals surface area contributed by atoms with E-state index in [9.17, 15) is 14.9 Å². The molecule has 2 aromatic carbocycles. The molecule has 0 aliphatic heterocycles. The van der Waals surface area contributed by atoms with E-state index in [2.05, 4.69) is 10.5 Å². The molecule has 132 valence electrons. The smallest absolute Gasteiger partial charge is 0.312 e. The minimum atomic E-state index is -0.536. The number of halogens is 1. The highest BCUT2D eigenvalue weighted by Gasteiger charge is 2.19. The number of ether oxygens (including phenoxy) is 1. The second-order valence-corrected chi connectivity index (χ2v) is 6.32. The molecule has 1 aromatic heterocycles. The van der Waals surface area contributed by atoms with E-state index in [1.807, 2.05) is 40.8 Å². The van der Waals surface area contributed by atoms with E-state index in [-0.39, 0.29) is 17.2 Å². The number of hydrogen-bond acceptors (Lipinski definition) is 6. The van der Waals surface area contributed by atoms with E-state index in [1.165, 1.54) is 19.4 Å². The molecule has 0 spiro atoms. The Morgan fingerprint density at radius 2 is 2.12 bits per heavy atom. The third kappa shape index (κ3) is 3.67. The van der Waals surface area contributed by atoms with Crippen LogP contribution in [-0.4, -0.2) is 24.2 Å². The highest BCUT2D eigenvalue weighted by atomic mass is 127. The largest absolute Gasteiger partial charge is 0.489 e. The van der Waals surface area contributed by atoms with Crippen LogP contribution >= 0.6 is 22.6 Å². The zero-order valence-corrected chi connectivity index (χ0v) is 15.6. The van der Waals surface area contributed by atoms with Gasteiger partial charge in [-0.05, 0) is 40.8 Å². The first-order chi connectivity index (χ1) is 12.5. The first-order valence-electron chi connectivity index (χ1n) is 7.33. The number of carbonyl (C=O) groups excluding carboxylic acids is 1. The second-order valence-electron chi connectivity index (χ2n) is 5.16. The molecule has 1 heterocycles. The highest BCUT2D eigenvalue weighted by Crippen LogP contribution is 2.32. The molecule has 9 heteroatoms. The third-order valence-electron chi connectivity index (χ3n) is 3.48. The molecule has 0 aliphatic carbocycles. The van der Waals surface area contributed by atoms with E-state index in [1.54, 1.807) is 18.2 Å². The second kappa shape index (κ2) is 7.52. The van der Waals surface area contributed by atoms with Crippen molar-refractivity contribution >= 4 is 51.4 Å². The number of hydrazone groups is 1. The number of nitro groups is 1. The van der Waals surface area contributed by atoms with Crippen molar-refractivity contribution in [2.75, 3.05) is 7.11 Å². The molecule has 0 aliphatic rings. The number of hydrogen-bond donors (Lipinski definition) is 1. The fourth-order valence-electron chi connectivity index (χ4n) is 2.33. The monoisotopic (exact) mass is 465 g/mol. The van der Waals surface area contributed by atoms with Crippen molar-refractivity contribution in [3.8, 4) is 5.75 Å². The van der Waals surface area contributed by atoms with E-state index in [0.29, 0.717) is 14.7 Å². The number of amides is 1. The van der Waals surface area contributed by atoms with Crippen molar-refractivity contribution in [3.63, 3.8) is 0 Å². The number of nitrogens with one attached hydrogen (secondary N) is 1. The molecule has 26 heavy (non-hydrogen) atoms. The molecule has 0 bridgehead atoms. The van der Waals surface area contributed by atoms with Crippen LogP contribution in [0.25, 0.3) is 11.0 Å². The predicted molar refractivity (Wildman–Crippen MR) is 104 cm³/mol. The lowest BCUT2D eigenvalue weighted by Crippen LogP contribution is -2.16. The van der Waals surface area contributed by atoms with Crippen molar-refractivity contribution in [1.29, 1.82) is 0 Å². The van der Waals surface area contributed by atoms with Crippen LogP contribution in [0.15, 0.2) is 52.0 Å². The SMILES string of the molecule is COc1c(I)cc(/C=N/NC(=O)c2cc3ccccc3o2)cc1[N+](=O)[O-]. The van der Waals surface area contributed by atoms with Gasteiger partial charge in [0.25, 0.3) is 0 Å². The van der Waals surface area contributed by atoms with Crippen LogP contribution in [0, 0.1) is 13.7 Å². The number of methoxy groups -OCH3 is 1. The van der Waals surface area contributed by atoms with E-state index in [4.69, 9.17) is 9.15 Å². The summed E-state index contributed by atoms with van der Waals surface area (Å²) >= 11 is 1.93. The van der Waals surface area contributed by atoms with Crippen molar-refractivity contribution in [2.24, 2.45) is 5.10 Å². The fraction of sp³-hybridized carbons (Fsp3) is 0.0588. The number of benzene rings is 2. The predicted octanol–water partition coefficient (Wildman–Crippen LogP) is 3.72. The zero-order chi connectivity index (χ0) is 18.7. The lowest BCUT2D eigenvalue weighted by molar-refractivity contribution is -0.385. The molecule has 0 saturated carbocycles. The van der Waals surface area contributed by atoms with Gasteiger partial charge in [-0.15, -0.1) is 0 Å². The average Bonchev–Trinajstić information content (AvgIpc) is 3.05. The Morgan fingerprint density at radius 1 is 1.35 bits per heavy atom. The molecule has 3 rings (SSSR count). The maximum Gasteiger partial charge on any atom is 0.312 e. The van der Waals surface area contributed by atoms with Gasteiger partial charge in [0.15, 0.2) is 5.76 Å². The summed E-state index contributed by atoms with van der Waals surface area (Å²) in [5, 5.41) is 15.8. The van der Waals surface area contributed by atoms with Gasteiger partial charge in [0, 0.05) is 17.0 Å². The summed E-state index contributed by atoms with van der Waals surface area (Å²) in [6.45, 7) is 0. The fourth-order valence-corrected chi connectivity index (χ4v) is 3.18. The number of furan rings is 1. The Labute approximate surface area is 161 Å². The topological polar surface area (TPSA) is 107 Å². The van der Waals surface area contributed by atoms with Crippen LogP contribution in [0.2, 0.25) is 0 Å². The Balaban J connectivity index is 1.77. The number of carbonyl (C=O) groups is 1. The van der Waals surface area contributed by atoms with Crippen LogP contribution in [0.5, 0.6) is 5.75 Å². The minimum absolute atomic E-state index is 0.124. The van der Waals surface area contributed by atoms with Crippen LogP contribution in [0.1, 0.15) is 16.1 Å². The van der Waals surface area contributed by atoms with Gasteiger partial charge in [0.1, 0.15) is 5.58 Å². The number of rotatable bonds is 5. The Bertz CT molecular complexity index is 995. The Kier molecular flexibility index (Phi) is 5.16. The first-order valence-corrected chi connectivity index (χ1v) is 8.41. The summed E-state index contributed by atoms with van der Waals surface area (Å²) in [6, 6.07) is 11.8. The zero-order valence-electron chi connectivity index (χ0n) is 13.4. The van der Waals surface area contributed by atoms with Crippen LogP contribution in [-0.2, 0) is 0 Å². The lowest BCUT2D eigenvalue weighted by atomic mass is 10.2. The first kappa shape index (κ1) is 17.9. The van der Waals surface area contributed by atoms with Gasteiger partial charge in [-0.3, -0.25) is 14.9 Å².